The van der Waals surface area contributed by atoms with Gasteiger partial charge in [0.25, 0.3) is 0 Å². The van der Waals surface area contributed by atoms with Gasteiger partial charge in [0.05, 0.1) is 0 Å². The molecule has 44 valence electrons. The van der Waals surface area contributed by atoms with Crippen molar-refractivity contribution < 1.29 is 4.79 Å². The van der Waals surface area contributed by atoms with Crippen molar-refractivity contribution in [1.29, 1.82) is 0 Å². The average molecular weight is 111 g/mol. The van der Waals surface area contributed by atoms with Gasteiger partial charge >= 0.3 is 0 Å². The maximum Gasteiger partial charge on any atom is 0.106 e. The van der Waals surface area contributed by atoms with Crippen LogP contribution in [0, 0.1) is 6.92 Å². The molecule has 0 radical (unpaired) electrons. The molecule has 8 heavy (non-hydrogen) atoms. The molecular weight excluding hydrogens is 102 g/mol. The molecule has 0 fully saturated rings. The van der Waals surface area contributed by atoms with Crippen LogP contribution in [0.25, 0.3) is 0 Å². The molecule has 2 nitrogen and oxygen atoms in total. The van der Waals surface area contributed by atoms with Crippen LogP contribution in [0.15, 0.2) is 18.3 Å². The molecule has 0 aliphatic rings. The third-order valence-corrected chi connectivity index (χ3v) is 0.753. The Kier molecular flexibility index (Phi) is 3.58. The number of aromatic nitrogens is 1. The number of aryl methyl sites for hydroxylation is 1. The third kappa shape index (κ3) is 2.18. The second-order valence-corrected chi connectivity index (χ2v) is 1.35. The fourth-order valence-corrected chi connectivity index (χ4v) is 0.420. The Bertz CT molecular complexity index is 123. The minimum absolute atomic E-state index is 1.22. The summed E-state index contributed by atoms with van der Waals surface area (Å²) < 4.78 is 0. The van der Waals surface area contributed by atoms with Gasteiger partial charge < -0.3 is 9.78 Å². The van der Waals surface area contributed by atoms with E-state index >= 15 is 0 Å². The standard InChI is InChI=1S/C5H7N.CH2O/c1-5-3-2-4-6-5;1-2/h2-4,6H,1H3;1H2. The zero-order chi connectivity index (χ0) is 6.41. The second kappa shape index (κ2) is 4.12. The quantitative estimate of drug-likeness (QED) is 0.535. The predicted octanol–water partition coefficient (Wildman–Crippen LogP) is 1.14. The molecule has 0 amide bonds. The largest absolute Gasteiger partial charge is 0.365 e. The molecule has 2 heteroatoms. The van der Waals surface area contributed by atoms with Crippen LogP contribution in [0.2, 0.25) is 0 Å². The van der Waals surface area contributed by atoms with Crippen LogP contribution in [-0.2, 0) is 4.79 Å². The van der Waals surface area contributed by atoms with E-state index < -0.39 is 0 Å². The van der Waals surface area contributed by atoms with Gasteiger partial charge in [-0.25, -0.2) is 0 Å². The highest BCUT2D eigenvalue weighted by Gasteiger charge is 1.72. The molecule has 0 saturated heterocycles. The first-order chi connectivity index (χ1) is 3.89. The molecule has 0 atom stereocenters. The summed E-state index contributed by atoms with van der Waals surface area (Å²) in [5.41, 5.74) is 1.22. The number of H-pyrrole nitrogens is 1. The zero-order valence-electron chi connectivity index (χ0n) is 4.85. The molecule has 0 aliphatic carbocycles. The molecule has 1 rings (SSSR count). The van der Waals surface area contributed by atoms with Gasteiger partial charge in [-0.2, -0.15) is 0 Å². The van der Waals surface area contributed by atoms with Gasteiger partial charge in [-0.05, 0) is 19.1 Å². The normalized spacial score (nSPS) is 7.12. The highest BCUT2D eigenvalue weighted by molar-refractivity contribution is 5.11. The number of hydrogen-bond acceptors (Lipinski definition) is 1. The molecule has 1 aromatic rings. The van der Waals surface area contributed by atoms with Crippen molar-refractivity contribution in [2.24, 2.45) is 0 Å². The second-order valence-electron chi connectivity index (χ2n) is 1.35. The maximum absolute atomic E-state index is 8.00. The topological polar surface area (TPSA) is 32.9 Å². The molecule has 1 aromatic heterocycles. The van der Waals surface area contributed by atoms with Crippen molar-refractivity contribution in [2.75, 3.05) is 0 Å². The number of rotatable bonds is 0. The van der Waals surface area contributed by atoms with E-state index in [1.165, 1.54) is 5.69 Å². The van der Waals surface area contributed by atoms with Gasteiger partial charge in [0.15, 0.2) is 0 Å². The summed E-state index contributed by atoms with van der Waals surface area (Å²) in [7, 11) is 0. The molecule has 0 spiro atoms. The van der Waals surface area contributed by atoms with Crippen LogP contribution in [0.4, 0.5) is 0 Å². The number of carbonyl (C=O) groups excluding carboxylic acids is 1. The Morgan fingerprint density at radius 2 is 2.25 bits per heavy atom. The lowest BCUT2D eigenvalue weighted by molar-refractivity contribution is -0.0979. The fourth-order valence-electron chi connectivity index (χ4n) is 0.420. The van der Waals surface area contributed by atoms with Crippen molar-refractivity contribution in [1.82, 2.24) is 4.98 Å². The summed E-state index contributed by atoms with van der Waals surface area (Å²) in [5, 5.41) is 0. The maximum atomic E-state index is 8.00. The summed E-state index contributed by atoms with van der Waals surface area (Å²) in [6.07, 6.45) is 1.91. The Morgan fingerprint density at radius 3 is 2.38 bits per heavy atom. The Hall–Kier alpha value is -1.05. The van der Waals surface area contributed by atoms with Crippen LogP contribution in [0.5, 0.6) is 0 Å². The van der Waals surface area contributed by atoms with Crippen molar-refractivity contribution in [2.45, 2.75) is 6.92 Å². The lowest BCUT2D eigenvalue weighted by atomic mass is 10.5. The van der Waals surface area contributed by atoms with Gasteiger partial charge in [-0.1, -0.05) is 0 Å². The minimum atomic E-state index is 1.22. The van der Waals surface area contributed by atoms with E-state index in [-0.39, 0.29) is 0 Å². The first-order valence-electron chi connectivity index (χ1n) is 2.28. The van der Waals surface area contributed by atoms with Crippen molar-refractivity contribution >= 4 is 6.79 Å². The molecule has 0 saturated carbocycles. The summed E-state index contributed by atoms with van der Waals surface area (Å²) in [6, 6.07) is 4.01. The van der Waals surface area contributed by atoms with Crippen LogP contribution >= 0.6 is 0 Å². The molecule has 0 unspecified atom stereocenters. The summed E-state index contributed by atoms with van der Waals surface area (Å²) >= 11 is 0. The lowest BCUT2D eigenvalue weighted by Crippen LogP contribution is -1.59. The first kappa shape index (κ1) is 6.95. The first-order valence-corrected chi connectivity index (χ1v) is 2.28. The highest BCUT2D eigenvalue weighted by Crippen LogP contribution is 1.86. The van der Waals surface area contributed by atoms with Gasteiger partial charge in [-0.3, -0.25) is 0 Å². The Labute approximate surface area is 48.5 Å². The molecule has 0 aliphatic heterocycles. The SMILES string of the molecule is C=O.Cc1ccc[nH]1. The summed E-state index contributed by atoms with van der Waals surface area (Å²) in [4.78, 5) is 11.0. The smallest absolute Gasteiger partial charge is 0.106 e. The summed E-state index contributed by atoms with van der Waals surface area (Å²) in [5.74, 6) is 0. The minimum Gasteiger partial charge on any atom is -0.365 e. The zero-order valence-corrected chi connectivity index (χ0v) is 4.85. The van der Waals surface area contributed by atoms with E-state index in [1.54, 1.807) is 0 Å². The Balaban J connectivity index is 0.000000222. The van der Waals surface area contributed by atoms with Crippen molar-refractivity contribution in [3.05, 3.63) is 24.0 Å². The van der Waals surface area contributed by atoms with Gasteiger partial charge in [0, 0.05) is 11.9 Å². The van der Waals surface area contributed by atoms with E-state index in [1.807, 2.05) is 32.0 Å². The molecule has 0 aromatic carbocycles. The van der Waals surface area contributed by atoms with E-state index in [2.05, 4.69) is 4.98 Å². The average Bonchev–Trinajstić information content (AvgIpc) is 2.24. The fraction of sp³-hybridized carbons (Fsp3) is 0.167. The summed E-state index contributed by atoms with van der Waals surface area (Å²) in [6.45, 7) is 4.03. The number of hydrogen-bond donors (Lipinski definition) is 1. The lowest BCUT2D eigenvalue weighted by Gasteiger charge is -1.70. The van der Waals surface area contributed by atoms with E-state index in [0.29, 0.717) is 0 Å². The van der Waals surface area contributed by atoms with E-state index in [9.17, 15) is 0 Å². The molecule has 0 bridgehead atoms. The van der Waals surface area contributed by atoms with Crippen molar-refractivity contribution in [3.63, 3.8) is 0 Å². The Morgan fingerprint density at radius 1 is 1.62 bits per heavy atom. The van der Waals surface area contributed by atoms with Crippen LogP contribution < -0.4 is 0 Å². The van der Waals surface area contributed by atoms with Crippen LogP contribution in [0.3, 0.4) is 0 Å². The number of nitrogens with one attached hydrogen (secondary N) is 1. The van der Waals surface area contributed by atoms with E-state index in [4.69, 9.17) is 4.79 Å². The van der Waals surface area contributed by atoms with Gasteiger partial charge in [0.2, 0.25) is 0 Å². The molecule has 1 heterocycles. The monoisotopic (exact) mass is 111 g/mol. The van der Waals surface area contributed by atoms with Gasteiger partial charge in [-0.15, -0.1) is 0 Å². The van der Waals surface area contributed by atoms with Gasteiger partial charge in [0.1, 0.15) is 6.79 Å². The predicted molar refractivity (Wildman–Crippen MR) is 32.7 cm³/mol. The molecule has 1 N–H and O–H groups in total. The van der Waals surface area contributed by atoms with Crippen LogP contribution in [0.1, 0.15) is 5.69 Å². The van der Waals surface area contributed by atoms with Crippen LogP contribution in [-0.4, -0.2) is 11.8 Å². The number of carbonyl (C=O) groups is 1. The third-order valence-electron chi connectivity index (χ3n) is 0.753. The van der Waals surface area contributed by atoms with E-state index in [0.717, 1.165) is 0 Å². The number of aromatic amines is 1. The molecular formula is C6H9NO. The van der Waals surface area contributed by atoms with Crippen molar-refractivity contribution in [3.8, 4) is 0 Å². The highest BCUT2D eigenvalue weighted by atomic mass is 16.1.